The maximum Gasteiger partial charge on any atom is 0.254 e. The molecule has 1 aliphatic carbocycles. The van der Waals surface area contributed by atoms with Crippen molar-refractivity contribution >= 4 is 11.6 Å². The van der Waals surface area contributed by atoms with Crippen LogP contribution in [-0.2, 0) is 33.0 Å². The summed E-state index contributed by atoms with van der Waals surface area (Å²) < 4.78 is 7.48. The highest BCUT2D eigenvalue weighted by atomic mass is 16.3. The number of furan rings is 1. The molecule has 0 atom stereocenters. The molecule has 1 aromatic carbocycles. The predicted molar refractivity (Wildman–Crippen MR) is 108 cm³/mol. The number of amides is 1. The van der Waals surface area contributed by atoms with Gasteiger partial charge < -0.3 is 14.2 Å². The number of benzene rings is 1. The van der Waals surface area contributed by atoms with Crippen molar-refractivity contribution in [1.82, 2.24) is 14.7 Å². The predicted octanol–water partition coefficient (Wildman–Crippen LogP) is 3.41. The van der Waals surface area contributed by atoms with Crippen molar-refractivity contribution in [2.75, 3.05) is 19.0 Å². The van der Waals surface area contributed by atoms with Gasteiger partial charge in [0.15, 0.2) is 0 Å². The second kappa shape index (κ2) is 7.54. The molecule has 1 amide bonds. The van der Waals surface area contributed by atoms with E-state index in [1.165, 1.54) is 11.3 Å². The quantitative estimate of drug-likeness (QED) is 0.660. The van der Waals surface area contributed by atoms with Gasteiger partial charge >= 0.3 is 0 Å². The van der Waals surface area contributed by atoms with E-state index in [-0.39, 0.29) is 5.91 Å². The van der Waals surface area contributed by atoms with Gasteiger partial charge in [0.05, 0.1) is 25.0 Å². The van der Waals surface area contributed by atoms with Crippen molar-refractivity contribution in [3.8, 4) is 0 Å². The van der Waals surface area contributed by atoms with Gasteiger partial charge in [0.2, 0.25) is 0 Å². The minimum Gasteiger partial charge on any atom is -0.467 e. The summed E-state index contributed by atoms with van der Waals surface area (Å²) in [5.41, 5.74) is 5.35. The zero-order valence-electron chi connectivity index (χ0n) is 16.7. The number of anilines is 1. The van der Waals surface area contributed by atoms with Crippen LogP contribution >= 0.6 is 0 Å². The van der Waals surface area contributed by atoms with Crippen LogP contribution in [0.1, 0.15) is 39.5 Å². The van der Waals surface area contributed by atoms with E-state index in [1.54, 1.807) is 6.26 Å². The fourth-order valence-corrected chi connectivity index (χ4v) is 3.88. The Hall–Kier alpha value is -3.02. The van der Waals surface area contributed by atoms with Crippen molar-refractivity contribution in [3.63, 3.8) is 0 Å². The first-order valence-corrected chi connectivity index (χ1v) is 9.65. The Bertz CT molecular complexity index is 955. The number of aryl methyl sites for hydroxylation is 1. The third kappa shape index (κ3) is 3.54. The first-order chi connectivity index (χ1) is 13.5. The number of aromatic nitrogens is 2. The van der Waals surface area contributed by atoms with Crippen molar-refractivity contribution in [2.24, 2.45) is 7.05 Å². The van der Waals surface area contributed by atoms with Crippen molar-refractivity contribution in [1.29, 1.82) is 0 Å². The van der Waals surface area contributed by atoms with Crippen LogP contribution in [0.4, 0.5) is 5.69 Å². The SMILES string of the molecule is CN(C)c1ccc(C(=O)N(Cc2ccco2)Cc2nn(C)c3c2CCC3)cc1. The first kappa shape index (κ1) is 18.3. The monoisotopic (exact) mass is 378 g/mol. The largest absolute Gasteiger partial charge is 0.467 e. The highest BCUT2D eigenvalue weighted by molar-refractivity contribution is 5.94. The fraction of sp³-hybridized carbons (Fsp3) is 0.364. The summed E-state index contributed by atoms with van der Waals surface area (Å²) in [6, 6.07) is 11.5. The Morgan fingerprint density at radius 2 is 1.93 bits per heavy atom. The van der Waals surface area contributed by atoms with Crippen LogP contribution in [0.5, 0.6) is 0 Å². The number of carbonyl (C=O) groups excluding carboxylic acids is 1. The molecule has 28 heavy (non-hydrogen) atoms. The number of rotatable bonds is 6. The van der Waals surface area contributed by atoms with Crippen molar-refractivity contribution in [3.05, 3.63) is 70.9 Å². The van der Waals surface area contributed by atoms with Gasteiger partial charge in [0.25, 0.3) is 5.91 Å². The highest BCUT2D eigenvalue weighted by Crippen LogP contribution is 2.26. The molecule has 2 aromatic heterocycles. The van der Waals surface area contributed by atoms with Gasteiger partial charge in [0, 0.05) is 38.1 Å². The molecular weight excluding hydrogens is 352 g/mol. The van der Waals surface area contributed by atoms with E-state index in [2.05, 4.69) is 0 Å². The summed E-state index contributed by atoms with van der Waals surface area (Å²) in [5.74, 6) is 0.755. The Kier molecular flexibility index (Phi) is 4.94. The molecule has 4 rings (SSSR count). The van der Waals surface area contributed by atoms with Crippen LogP contribution in [0.15, 0.2) is 47.1 Å². The Morgan fingerprint density at radius 3 is 2.61 bits per heavy atom. The average molecular weight is 378 g/mol. The van der Waals surface area contributed by atoms with Gasteiger partial charge in [-0.3, -0.25) is 9.48 Å². The third-order valence-electron chi connectivity index (χ3n) is 5.38. The summed E-state index contributed by atoms with van der Waals surface area (Å²) in [6.45, 7) is 0.907. The lowest BCUT2D eigenvalue weighted by atomic mass is 10.1. The minimum atomic E-state index is -0.0147. The molecular formula is C22H26N4O2. The zero-order valence-corrected chi connectivity index (χ0v) is 16.7. The normalized spacial score (nSPS) is 12.8. The van der Waals surface area contributed by atoms with Gasteiger partial charge in [-0.05, 0) is 61.2 Å². The Labute approximate surface area is 165 Å². The molecule has 0 bridgehead atoms. The van der Waals surface area contributed by atoms with Gasteiger partial charge in [-0.25, -0.2) is 0 Å². The number of hydrogen-bond acceptors (Lipinski definition) is 4. The van der Waals surface area contributed by atoms with Crippen LogP contribution in [0.3, 0.4) is 0 Å². The molecule has 6 heteroatoms. The van der Waals surface area contributed by atoms with E-state index in [9.17, 15) is 4.79 Å². The molecule has 0 unspecified atom stereocenters. The number of fused-ring (bicyclic) bond motifs is 1. The zero-order chi connectivity index (χ0) is 19.7. The molecule has 3 aromatic rings. The van der Waals surface area contributed by atoms with Crippen LogP contribution < -0.4 is 4.90 Å². The van der Waals surface area contributed by atoms with Crippen molar-refractivity contribution in [2.45, 2.75) is 32.4 Å². The van der Waals surface area contributed by atoms with Gasteiger partial charge in [0.1, 0.15) is 5.76 Å². The number of carbonyl (C=O) groups is 1. The standard InChI is InChI=1S/C22H26N4O2/c1-24(2)17-11-9-16(10-12-17)22(27)26(14-18-6-5-13-28-18)15-20-19-7-4-8-21(19)25(3)23-20/h5-6,9-13H,4,7-8,14-15H2,1-3H3. The highest BCUT2D eigenvalue weighted by Gasteiger charge is 2.25. The second-order valence-electron chi connectivity index (χ2n) is 7.53. The smallest absolute Gasteiger partial charge is 0.254 e. The molecule has 146 valence electrons. The van der Waals surface area contributed by atoms with E-state index in [0.717, 1.165) is 36.4 Å². The summed E-state index contributed by atoms with van der Waals surface area (Å²) in [7, 11) is 5.97. The summed E-state index contributed by atoms with van der Waals surface area (Å²) >= 11 is 0. The van der Waals surface area contributed by atoms with Crippen LogP contribution in [-0.4, -0.2) is 34.7 Å². The fourth-order valence-electron chi connectivity index (χ4n) is 3.88. The van der Waals surface area contributed by atoms with E-state index in [0.29, 0.717) is 18.7 Å². The maximum atomic E-state index is 13.3. The Balaban J connectivity index is 1.61. The summed E-state index contributed by atoms with van der Waals surface area (Å²) in [5, 5.41) is 4.70. The lowest BCUT2D eigenvalue weighted by Gasteiger charge is -2.22. The van der Waals surface area contributed by atoms with Crippen molar-refractivity contribution < 1.29 is 9.21 Å². The molecule has 0 saturated carbocycles. The molecule has 1 aliphatic rings. The van der Waals surface area contributed by atoms with Crippen LogP contribution in [0, 0.1) is 0 Å². The van der Waals surface area contributed by atoms with E-state index >= 15 is 0 Å². The first-order valence-electron chi connectivity index (χ1n) is 9.65. The maximum absolute atomic E-state index is 13.3. The lowest BCUT2D eigenvalue weighted by Crippen LogP contribution is -2.30. The topological polar surface area (TPSA) is 54.5 Å². The summed E-state index contributed by atoms with van der Waals surface area (Å²) in [4.78, 5) is 17.1. The second-order valence-corrected chi connectivity index (χ2v) is 7.53. The lowest BCUT2D eigenvalue weighted by molar-refractivity contribution is 0.0714. The number of nitrogens with zero attached hydrogens (tertiary/aromatic N) is 4. The molecule has 0 saturated heterocycles. The molecule has 0 spiro atoms. The van der Waals surface area contributed by atoms with Gasteiger partial charge in [-0.1, -0.05) is 0 Å². The van der Waals surface area contributed by atoms with Crippen LogP contribution in [0.25, 0.3) is 0 Å². The molecule has 2 heterocycles. The molecule has 0 radical (unpaired) electrons. The molecule has 6 nitrogen and oxygen atoms in total. The Morgan fingerprint density at radius 1 is 1.14 bits per heavy atom. The number of hydrogen-bond donors (Lipinski definition) is 0. The van der Waals surface area contributed by atoms with Gasteiger partial charge in [-0.2, -0.15) is 5.10 Å². The molecule has 0 fully saturated rings. The van der Waals surface area contributed by atoms with E-state index < -0.39 is 0 Å². The molecule has 0 N–H and O–H groups in total. The average Bonchev–Trinajstić information content (AvgIpc) is 3.42. The van der Waals surface area contributed by atoms with Gasteiger partial charge in [-0.15, -0.1) is 0 Å². The molecule has 0 aliphatic heterocycles. The third-order valence-corrected chi connectivity index (χ3v) is 5.38. The van der Waals surface area contributed by atoms with Crippen LogP contribution in [0.2, 0.25) is 0 Å². The van der Waals surface area contributed by atoms with E-state index in [4.69, 9.17) is 9.52 Å². The minimum absolute atomic E-state index is 0.0147. The van der Waals surface area contributed by atoms with E-state index in [1.807, 2.05) is 72.0 Å². The summed E-state index contributed by atoms with van der Waals surface area (Å²) in [6.07, 6.45) is 4.91.